The van der Waals surface area contributed by atoms with Gasteiger partial charge in [-0.3, -0.25) is 14.7 Å². The summed E-state index contributed by atoms with van der Waals surface area (Å²) in [6, 6.07) is 17.8. The van der Waals surface area contributed by atoms with Gasteiger partial charge in [0.05, 0.1) is 11.8 Å². The standard InChI is InChI=1S/C31H27F2N3O4S/c1-41(38,39)36-12-10-35(11-13-36)14-15-40-23-7-9-24-26(18-23)31(37)29(30(24)25-8-6-22(32)17-27(25)33)21-16-20-4-2-3-5-28(20)34-19-21/h2-9,16-19H,10-15H2,1H3. The van der Waals surface area contributed by atoms with Crippen LogP contribution in [0.25, 0.3) is 22.0 Å². The number of Topliss-reactive ketones (excluding diaryl/α,β-unsaturated/α-hetero) is 1. The smallest absolute Gasteiger partial charge is 0.211 e. The molecule has 1 aliphatic heterocycles. The fourth-order valence-electron chi connectivity index (χ4n) is 5.43. The molecule has 6 rings (SSSR count). The highest BCUT2D eigenvalue weighted by molar-refractivity contribution is 7.88. The van der Waals surface area contributed by atoms with Crippen LogP contribution in [0.4, 0.5) is 8.78 Å². The summed E-state index contributed by atoms with van der Waals surface area (Å²) in [4.78, 5) is 20.5. The number of aromatic nitrogens is 1. The summed E-state index contributed by atoms with van der Waals surface area (Å²) in [5.41, 5.74) is 3.02. The number of hydrogen-bond acceptors (Lipinski definition) is 6. The van der Waals surface area contributed by atoms with Crippen LogP contribution in [0, 0.1) is 11.6 Å². The van der Waals surface area contributed by atoms with Crippen LogP contribution in [0.5, 0.6) is 5.75 Å². The Balaban J connectivity index is 1.28. The first-order chi connectivity index (χ1) is 19.7. The van der Waals surface area contributed by atoms with E-state index in [2.05, 4.69) is 9.88 Å². The van der Waals surface area contributed by atoms with Gasteiger partial charge in [0.15, 0.2) is 5.78 Å². The third-order valence-corrected chi connectivity index (χ3v) is 8.84. The quantitative estimate of drug-likeness (QED) is 0.320. The van der Waals surface area contributed by atoms with Gasteiger partial charge in [-0.1, -0.05) is 18.2 Å². The van der Waals surface area contributed by atoms with Crippen molar-refractivity contribution >= 4 is 37.9 Å². The first-order valence-corrected chi connectivity index (χ1v) is 15.1. The molecule has 1 aliphatic carbocycles. The Morgan fingerprint density at radius 2 is 1.63 bits per heavy atom. The molecule has 0 amide bonds. The number of ether oxygens (including phenoxy) is 1. The van der Waals surface area contributed by atoms with Crippen LogP contribution in [0.3, 0.4) is 0 Å². The van der Waals surface area contributed by atoms with E-state index in [-0.39, 0.29) is 11.3 Å². The maximum atomic E-state index is 15.1. The van der Waals surface area contributed by atoms with Crippen molar-refractivity contribution in [2.45, 2.75) is 0 Å². The van der Waals surface area contributed by atoms with Gasteiger partial charge in [-0.2, -0.15) is 4.31 Å². The summed E-state index contributed by atoms with van der Waals surface area (Å²) in [5.74, 6) is -1.27. The maximum Gasteiger partial charge on any atom is 0.211 e. The Kier molecular flexibility index (Phi) is 7.14. The monoisotopic (exact) mass is 575 g/mol. The fourth-order valence-corrected chi connectivity index (χ4v) is 6.26. The second-order valence-electron chi connectivity index (χ2n) is 10.2. The number of para-hydroxylation sites is 1. The molecule has 7 nitrogen and oxygen atoms in total. The number of fused-ring (bicyclic) bond motifs is 2. The molecule has 0 bridgehead atoms. The van der Waals surface area contributed by atoms with Crippen molar-refractivity contribution in [1.82, 2.24) is 14.2 Å². The number of pyridine rings is 1. The van der Waals surface area contributed by atoms with Gasteiger partial charge >= 0.3 is 0 Å². The van der Waals surface area contributed by atoms with E-state index in [1.165, 1.54) is 22.7 Å². The van der Waals surface area contributed by atoms with Gasteiger partial charge in [-0.15, -0.1) is 0 Å². The SMILES string of the molecule is CS(=O)(=O)N1CCN(CCOc2ccc3c(c2)C(=O)C(c2cnc4ccccc4c2)=C3c2ccc(F)cc2F)CC1. The van der Waals surface area contributed by atoms with Gasteiger partial charge < -0.3 is 4.74 Å². The Morgan fingerprint density at radius 1 is 0.878 bits per heavy atom. The second kappa shape index (κ2) is 10.8. The summed E-state index contributed by atoms with van der Waals surface area (Å²) < 4.78 is 59.8. The van der Waals surface area contributed by atoms with Gasteiger partial charge in [0.1, 0.15) is 24.0 Å². The van der Waals surface area contributed by atoms with Crippen molar-refractivity contribution in [3.8, 4) is 5.75 Å². The second-order valence-corrected chi connectivity index (χ2v) is 12.2. The zero-order valence-corrected chi connectivity index (χ0v) is 23.1. The molecule has 41 heavy (non-hydrogen) atoms. The zero-order chi connectivity index (χ0) is 28.7. The normalized spacial score (nSPS) is 16.4. The van der Waals surface area contributed by atoms with E-state index >= 15 is 4.39 Å². The van der Waals surface area contributed by atoms with Gasteiger partial charge in [0.2, 0.25) is 10.0 Å². The average Bonchev–Trinajstić information content (AvgIpc) is 3.24. The summed E-state index contributed by atoms with van der Waals surface area (Å²) in [5, 5.41) is 0.835. The summed E-state index contributed by atoms with van der Waals surface area (Å²) in [6.45, 7) is 3.04. The van der Waals surface area contributed by atoms with Crippen molar-refractivity contribution in [2.75, 3.05) is 45.6 Å². The Hall–Kier alpha value is -3.99. The number of piperazine rings is 1. The average molecular weight is 576 g/mol. The first kappa shape index (κ1) is 27.2. The minimum Gasteiger partial charge on any atom is -0.492 e. The highest BCUT2D eigenvalue weighted by Crippen LogP contribution is 2.44. The molecule has 4 aromatic rings. The molecule has 10 heteroatoms. The summed E-state index contributed by atoms with van der Waals surface area (Å²) in [7, 11) is -3.20. The molecule has 0 unspecified atom stereocenters. The fraction of sp³-hybridized carbons (Fsp3) is 0.226. The van der Waals surface area contributed by atoms with Gasteiger partial charge in [0.25, 0.3) is 0 Å². The number of hydrogen-bond donors (Lipinski definition) is 0. The lowest BCUT2D eigenvalue weighted by atomic mass is 9.94. The predicted molar refractivity (Wildman–Crippen MR) is 153 cm³/mol. The molecule has 210 valence electrons. The number of carbonyl (C=O) groups excluding carboxylic acids is 1. The van der Waals surface area contributed by atoms with Crippen molar-refractivity contribution in [2.24, 2.45) is 0 Å². The van der Waals surface area contributed by atoms with Gasteiger partial charge in [-0.25, -0.2) is 17.2 Å². The van der Waals surface area contributed by atoms with Gasteiger partial charge in [-0.05, 0) is 48.0 Å². The number of carbonyl (C=O) groups is 1. The molecule has 0 atom stereocenters. The molecular formula is C31H27F2N3O4S. The topological polar surface area (TPSA) is 79.8 Å². The van der Waals surface area contributed by atoms with Crippen LogP contribution in [-0.4, -0.2) is 74.0 Å². The van der Waals surface area contributed by atoms with E-state index in [9.17, 15) is 17.6 Å². The number of ketones is 1. The van der Waals surface area contributed by atoms with E-state index in [4.69, 9.17) is 4.74 Å². The summed E-state index contributed by atoms with van der Waals surface area (Å²) >= 11 is 0. The zero-order valence-electron chi connectivity index (χ0n) is 22.3. The van der Waals surface area contributed by atoms with Crippen molar-refractivity contribution < 1.29 is 26.7 Å². The molecule has 2 aliphatic rings. The third-order valence-electron chi connectivity index (χ3n) is 7.54. The molecule has 1 fully saturated rings. The Labute approximate surface area is 236 Å². The van der Waals surface area contributed by atoms with E-state index in [0.717, 1.165) is 17.0 Å². The van der Waals surface area contributed by atoms with E-state index in [1.54, 1.807) is 24.4 Å². The maximum absolute atomic E-state index is 15.1. The molecule has 0 saturated carbocycles. The molecule has 1 saturated heterocycles. The molecule has 3 aromatic carbocycles. The van der Waals surface area contributed by atoms with Crippen LogP contribution >= 0.6 is 0 Å². The number of sulfonamides is 1. The minimum atomic E-state index is -3.20. The predicted octanol–water partition coefficient (Wildman–Crippen LogP) is 4.62. The molecule has 0 spiro atoms. The minimum absolute atomic E-state index is 0.128. The molecule has 1 aromatic heterocycles. The van der Waals surface area contributed by atoms with Crippen molar-refractivity contribution in [3.63, 3.8) is 0 Å². The molecule has 2 heterocycles. The Morgan fingerprint density at radius 3 is 2.39 bits per heavy atom. The van der Waals surface area contributed by atoms with Crippen molar-refractivity contribution in [1.29, 1.82) is 0 Å². The van der Waals surface area contributed by atoms with E-state index in [0.29, 0.717) is 72.9 Å². The lowest BCUT2D eigenvalue weighted by molar-refractivity contribution is 0.105. The number of nitrogens with zero attached hydrogens (tertiary/aromatic N) is 3. The largest absolute Gasteiger partial charge is 0.492 e. The lowest BCUT2D eigenvalue weighted by Gasteiger charge is -2.33. The van der Waals surface area contributed by atoms with Crippen molar-refractivity contribution in [3.05, 3.63) is 107 Å². The van der Waals surface area contributed by atoms with Crippen LogP contribution in [0.1, 0.15) is 27.0 Å². The Bertz CT molecular complexity index is 1820. The number of benzene rings is 3. The lowest BCUT2D eigenvalue weighted by Crippen LogP contribution is -2.49. The molecule has 0 radical (unpaired) electrons. The molecular weight excluding hydrogens is 548 g/mol. The van der Waals surface area contributed by atoms with E-state index < -0.39 is 21.7 Å². The number of rotatable bonds is 7. The number of halogens is 2. The van der Waals surface area contributed by atoms with Crippen LogP contribution in [-0.2, 0) is 10.0 Å². The number of allylic oxidation sites excluding steroid dienone is 1. The van der Waals surface area contributed by atoms with Crippen LogP contribution < -0.4 is 4.74 Å². The first-order valence-electron chi connectivity index (χ1n) is 13.2. The summed E-state index contributed by atoms with van der Waals surface area (Å²) in [6.07, 6.45) is 2.82. The van der Waals surface area contributed by atoms with Crippen LogP contribution in [0.15, 0.2) is 72.9 Å². The third kappa shape index (κ3) is 5.38. The highest BCUT2D eigenvalue weighted by Gasteiger charge is 2.33. The molecule has 0 N–H and O–H groups in total. The highest BCUT2D eigenvalue weighted by atomic mass is 32.2. The van der Waals surface area contributed by atoms with E-state index in [1.807, 2.05) is 30.3 Å². The van der Waals surface area contributed by atoms with Crippen LogP contribution in [0.2, 0.25) is 0 Å². The van der Waals surface area contributed by atoms with Gasteiger partial charge in [0, 0.05) is 78.2 Å².